The summed E-state index contributed by atoms with van der Waals surface area (Å²) in [5.41, 5.74) is -0.585. The molecule has 1 aromatic heterocycles. The predicted octanol–water partition coefficient (Wildman–Crippen LogP) is 7.47. The lowest BCUT2D eigenvalue weighted by molar-refractivity contribution is -0.212. The SMILES string of the molecule is Cc1nnc([C@@H]2CC(C)(C)CC3C2CC[C@]2(C)C3C(=O)C[C@@H]3[C@@]4(C)C=C(C#N)C(=O)C(C)(C)[C@@H]4CC[C@]32C)s1. The number of hydrogen-bond acceptors (Lipinski definition) is 6. The van der Waals surface area contributed by atoms with Gasteiger partial charge in [0.05, 0.1) is 5.57 Å². The number of fused-ring (bicyclic) bond motifs is 7. The van der Waals surface area contributed by atoms with Crippen molar-refractivity contribution in [2.75, 3.05) is 0 Å². The molecule has 0 bridgehead atoms. The Kier molecular flexibility index (Phi) is 5.84. The van der Waals surface area contributed by atoms with E-state index in [9.17, 15) is 14.9 Å². The highest BCUT2D eigenvalue weighted by Crippen LogP contribution is 2.75. The molecule has 4 fully saturated rings. The normalized spacial score (nSPS) is 46.2. The number of hydrogen-bond donors (Lipinski definition) is 0. The molecular formula is C33H45N3O2S. The van der Waals surface area contributed by atoms with E-state index in [1.54, 1.807) is 11.3 Å². The zero-order valence-corrected chi connectivity index (χ0v) is 25.9. The summed E-state index contributed by atoms with van der Waals surface area (Å²) in [4.78, 5) is 27.8. The molecule has 39 heavy (non-hydrogen) atoms. The maximum Gasteiger partial charge on any atom is 0.178 e. The molecule has 3 unspecified atom stereocenters. The van der Waals surface area contributed by atoms with E-state index in [2.05, 4.69) is 50.9 Å². The van der Waals surface area contributed by atoms with Crippen LogP contribution >= 0.6 is 11.3 Å². The molecule has 0 radical (unpaired) electrons. The predicted molar refractivity (Wildman–Crippen MR) is 153 cm³/mol. The van der Waals surface area contributed by atoms with Gasteiger partial charge in [-0.25, -0.2) is 0 Å². The van der Waals surface area contributed by atoms with Crippen LogP contribution in [-0.4, -0.2) is 21.8 Å². The maximum absolute atomic E-state index is 14.6. The third-order valence-electron chi connectivity index (χ3n) is 13.2. The van der Waals surface area contributed by atoms with E-state index in [0.29, 0.717) is 35.5 Å². The molecule has 9 atom stereocenters. The first-order valence-electron chi connectivity index (χ1n) is 15.1. The summed E-state index contributed by atoms with van der Waals surface area (Å²) >= 11 is 1.74. The quantitative estimate of drug-likeness (QED) is 0.364. The van der Waals surface area contributed by atoms with E-state index in [0.717, 1.165) is 43.5 Å². The lowest BCUT2D eigenvalue weighted by Crippen LogP contribution is -2.67. The number of aryl methyl sites for hydroxylation is 1. The second-order valence-electron chi connectivity index (χ2n) is 15.9. The van der Waals surface area contributed by atoms with Crippen LogP contribution in [0, 0.1) is 74.9 Å². The van der Waals surface area contributed by atoms with E-state index in [-0.39, 0.29) is 45.2 Å². The molecule has 0 N–H and O–H groups in total. The molecule has 1 heterocycles. The van der Waals surface area contributed by atoms with E-state index < -0.39 is 5.41 Å². The molecule has 5 aliphatic rings. The summed E-state index contributed by atoms with van der Waals surface area (Å²) < 4.78 is 0. The summed E-state index contributed by atoms with van der Waals surface area (Å²) in [6.45, 7) is 18.1. The monoisotopic (exact) mass is 547 g/mol. The number of allylic oxidation sites excluding steroid dienone is 2. The summed E-state index contributed by atoms with van der Waals surface area (Å²) in [7, 11) is 0. The lowest BCUT2D eigenvalue weighted by Gasteiger charge is -2.71. The minimum absolute atomic E-state index is 0.0221. The molecule has 0 saturated heterocycles. The number of carbonyl (C=O) groups excluding carboxylic acids is 2. The number of Topliss-reactive ketones (excluding diaryl/α,β-unsaturated/α-hetero) is 2. The molecule has 0 spiro atoms. The first-order valence-corrected chi connectivity index (χ1v) is 15.9. The van der Waals surface area contributed by atoms with Gasteiger partial charge in [0, 0.05) is 23.7 Å². The molecule has 0 amide bonds. The largest absolute Gasteiger partial charge is 0.299 e. The Labute approximate surface area is 238 Å². The van der Waals surface area contributed by atoms with Crippen LogP contribution in [0.3, 0.4) is 0 Å². The van der Waals surface area contributed by atoms with Gasteiger partial charge in [0.25, 0.3) is 0 Å². The first kappa shape index (κ1) is 27.3. The first-order chi connectivity index (χ1) is 18.1. The topological polar surface area (TPSA) is 83.7 Å². The van der Waals surface area contributed by atoms with Gasteiger partial charge in [-0.2, -0.15) is 5.26 Å². The van der Waals surface area contributed by atoms with Crippen molar-refractivity contribution in [1.82, 2.24) is 10.2 Å². The Morgan fingerprint density at radius 3 is 2.26 bits per heavy atom. The van der Waals surface area contributed by atoms with Crippen molar-refractivity contribution in [3.05, 3.63) is 21.7 Å². The highest BCUT2D eigenvalue weighted by molar-refractivity contribution is 7.11. The Morgan fingerprint density at radius 1 is 0.923 bits per heavy atom. The minimum atomic E-state index is -0.588. The Morgan fingerprint density at radius 2 is 1.62 bits per heavy atom. The summed E-state index contributed by atoms with van der Waals surface area (Å²) in [6, 6.07) is 2.24. The van der Waals surface area contributed by atoms with Crippen molar-refractivity contribution < 1.29 is 9.59 Å². The molecule has 6 heteroatoms. The van der Waals surface area contributed by atoms with Crippen LogP contribution in [0.15, 0.2) is 11.6 Å². The van der Waals surface area contributed by atoms with E-state index in [1.165, 1.54) is 5.01 Å². The standard InChI is InChI=1S/C33H45N3O2S/c1-18-35-36-28(39-18)22-16-29(2,3)15-21-20(22)9-11-33(8)26(21)23(37)13-25-31(6)14-19(17-34)27(38)30(4,5)24(31)10-12-32(25,33)7/h14,20-22,24-26H,9-13,15-16H2,1-8H3/t20?,21?,22-,24+,25-,26?,31+,32-,33-/m1/s1. The van der Waals surface area contributed by atoms with Crippen molar-refractivity contribution >= 4 is 22.9 Å². The van der Waals surface area contributed by atoms with Crippen molar-refractivity contribution in [2.24, 2.45) is 56.7 Å². The molecule has 6 rings (SSSR count). The van der Waals surface area contributed by atoms with Gasteiger partial charge >= 0.3 is 0 Å². The molecular weight excluding hydrogens is 502 g/mol. The minimum Gasteiger partial charge on any atom is -0.299 e. The molecule has 4 saturated carbocycles. The van der Waals surface area contributed by atoms with Crippen LogP contribution < -0.4 is 0 Å². The average molecular weight is 548 g/mol. The zero-order valence-electron chi connectivity index (χ0n) is 25.1. The van der Waals surface area contributed by atoms with Gasteiger partial charge < -0.3 is 0 Å². The molecule has 5 aliphatic carbocycles. The van der Waals surface area contributed by atoms with Gasteiger partial charge in [0.15, 0.2) is 5.78 Å². The van der Waals surface area contributed by atoms with Crippen LogP contribution in [0.5, 0.6) is 0 Å². The van der Waals surface area contributed by atoms with Gasteiger partial charge in [-0.3, -0.25) is 9.59 Å². The molecule has 210 valence electrons. The van der Waals surface area contributed by atoms with E-state index in [4.69, 9.17) is 0 Å². The second kappa shape index (κ2) is 8.34. The molecule has 0 aliphatic heterocycles. The van der Waals surface area contributed by atoms with Crippen molar-refractivity contribution in [2.45, 2.75) is 106 Å². The van der Waals surface area contributed by atoms with Gasteiger partial charge in [0.2, 0.25) is 0 Å². The third-order valence-corrected chi connectivity index (χ3v) is 14.1. The third kappa shape index (κ3) is 3.53. The fourth-order valence-electron chi connectivity index (χ4n) is 11.4. The van der Waals surface area contributed by atoms with Gasteiger partial charge in [-0.15, -0.1) is 21.5 Å². The summed E-state index contributed by atoms with van der Waals surface area (Å²) in [5, 5.41) is 21.1. The second-order valence-corrected chi connectivity index (χ2v) is 17.1. The fraction of sp³-hybridized carbons (Fsp3) is 0.788. The maximum atomic E-state index is 14.6. The fourth-order valence-corrected chi connectivity index (χ4v) is 12.3. The van der Waals surface area contributed by atoms with Crippen LogP contribution in [-0.2, 0) is 9.59 Å². The Bertz CT molecular complexity index is 1320. The molecule has 1 aromatic rings. The van der Waals surface area contributed by atoms with Crippen molar-refractivity contribution in [3.63, 3.8) is 0 Å². The Balaban J connectivity index is 1.43. The van der Waals surface area contributed by atoms with Crippen LogP contribution in [0.4, 0.5) is 0 Å². The number of nitriles is 1. The number of aromatic nitrogens is 2. The summed E-state index contributed by atoms with van der Waals surface area (Å²) in [6.07, 6.45) is 9.00. The Hall–Kier alpha value is -1.87. The van der Waals surface area contributed by atoms with Crippen LogP contribution in [0.1, 0.15) is 109 Å². The molecule has 5 nitrogen and oxygen atoms in total. The highest BCUT2D eigenvalue weighted by atomic mass is 32.1. The number of carbonyl (C=O) groups is 2. The number of ketones is 2. The summed E-state index contributed by atoms with van der Waals surface area (Å²) in [5.74, 6) is 1.99. The molecule has 0 aromatic carbocycles. The highest BCUT2D eigenvalue weighted by Gasteiger charge is 2.71. The van der Waals surface area contributed by atoms with Crippen LogP contribution in [0.25, 0.3) is 0 Å². The average Bonchev–Trinajstić information content (AvgIpc) is 3.28. The zero-order chi connectivity index (χ0) is 28.3. The van der Waals surface area contributed by atoms with Gasteiger partial charge in [-0.1, -0.05) is 54.5 Å². The number of nitrogens with zero attached hydrogens (tertiary/aromatic N) is 3. The smallest absolute Gasteiger partial charge is 0.178 e. The van der Waals surface area contributed by atoms with Crippen molar-refractivity contribution in [1.29, 1.82) is 5.26 Å². The van der Waals surface area contributed by atoms with E-state index in [1.807, 2.05) is 26.8 Å². The number of rotatable bonds is 1. The lowest BCUT2D eigenvalue weighted by atomic mass is 9.32. The van der Waals surface area contributed by atoms with Crippen molar-refractivity contribution in [3.8, 4) is 6.07 Å². The van der Waals surface area contributed by atoms with E-state index >= 15 is 0 Å². The van der Waals surface area contributed by atoms with Gasteiger partial charge in [0.1, 0.15) is 21.9 Å². The van der Waals surface area contributed by atoms with Gasteiger partial charge in [-0.05, 0) is 90.8 Å². The van der Waals surface area contributed by atoms with Crippen LogP contribution in [0.2, 0.25) is 0 Å².